The van der Waals surface area contributed by atoms with E-state index < -0.39 is 0 Å². The van der Waals surface area contributed by atoms with Crippen LogP contribution in [0.4, 0.5) is 5.69 Å². The summed E-state index contributed by atoms with van der Waals surface area (Å²) in [7, 11) is 3.12. The van der Waals surface area contributed by atoms with E-state index in [1.54, 1.807) is 42.2 Å². The van der Waals surface area contributed by atoms with Crippen LogP contribution < -0.4 is 20.1 Å². The summed E-state index contributed by atoms with van der Waals surface area (Å²) < 4.78 is 10.5. The fraction of sp³-hybridized carbons (Fsp3) is 0.529. The lowest BCUT2D eigenvalue weighted by atomic mass is 10.1. The number of methoxy groups -OCH3 is 2. The van der Waals surface area contributed by atoms with Gasteiger partial charge in [-0.2, -0.15) is 0 Å². The van der Waals surface area contributed by atoms with Gasteiger partial charge in [-0.25, -0.2) is 0 Å². The number of nitrogens with zero attached hydrogens (tertiary/aromatic N) is 2. The summed E-state index contributed by atoms with van der Waals surface area (Å²) in [5.41, 5.74) is 6.58. The molecule has 7 nitrogen and oxygen atoms in total. The molecule has 25 heavy (non-hydrogen) atoms. The third-order valence-electron chi connectivity index (χ3n) is 4.69. The lowest BCUT2D eigenvalue weighted by Gasteiger charge is -2.21. The van der Waals surface area contributed by atoms with Gasteiger partial charge in [-0.05, 0) is 18.6 Å². The Morgan fingerprint density at radius 1 is 1.20 bits per heavy atom. The highest BCUT2D eigenvalue weighted by Crippen LogP contribution is 2.34. The molecule has 1 aromatic carbocycles. The molecule has 3 rings (SSSR count). The number of anilines is 1. The van der Waals surface area contributed by atoms with E-state index >= 15 is 0 Å². The van der Waals surface area contributed by atoms with Crippen molar-refractivity contribution in [2.75, 3.05) is 38.8 Å². The standard InChI is InChI=1S/C17H23N3O4.ClH/c1-23-14-4-3-13(8-15(14)24-2)20-9-11(7-16(20)21)17(22)19-6-5-12(18)10-19;/h3-4,8,11-12H,5-7,9-10,18H2,1-2H3;1H. The van der Waals surface area contributed by atoms with E-state index in [1.165, 1.54) is 0 Å². The van der Waals surface area contributed by atoms with Gasteiger partial charge in [0.05, 0.1) is 20.1 Å². The number of rotatable bonds is 4. The maximum absolute atomic E-state index is 12.6. The number of amides is 2. The molecular formula is C17H24ClN3O4. The Kier molecular flexibility index (Phi) is 6.13. The Labute approximate surface area is 153 Å². The first kappa shape index (κ1) is 19.3. The normalized spacial score (nSPS) is 22.8. The summed E-state index contributed by atoms with van der Waals surface area (Å²) in [6, 6.07) is 5.37. The van der Waals surface area contributed by atoms with E-state index in [4.69, 9.17) is 15.2 Å². The van der Waals surface area contributed by atoms with E-state index in [0.29, 0.717) is 36.8 Å². The molecular weight excluding hydrogens is 346 g/mol. The first-order valence-corrected chi connectivity index (χ1v) is 8.10. The van der Waals surface area contributed by atoms with Crippen molar-refractivity contribution in [3.8, 4) is 11.5 Å². The van der Waals surface area contributed by atoms with Gasteiger partial charge in [0.1, 0.15) is 0 Å². The fourth-order valence-electron chi connectivity index (χ4n) is 3.36. The smallest absolute Gasteiger partial charge is 0.228 e. The summed E-state index contributed by atoms with van der Waals surface area (Å²) in [6.45, 7) is 1.65. The highest BCUT2D eigenvalue weighted by molar-refractivity contribution is 6.00. The Bertz CT molecular complexity index is 655. The molecule has 2 aliphatic heterocycles. The zero-order valence-electron chi connectivity index (χ0n) is 14.4. The van der Waals surface area contributed by atoms with Crippen LogP contribution in [0.3, 0.4) is 0 Å². The average molecular weight is 370 g/mol. The molecule has 2 saturated heterocycles. The second kappa shape index (κ2) is 7.93. The summed E-state index contributed by atoms with van der Waals surface area (Å²) in [4.78, 5) is 28.4. The minimum atomic E-state index is -0.309. The number of carbonyl (C=O) groups excluding carboxylic acids is 2. The van der Waals surface area contributed by atoms with Gasteiger partial charge in [0.2, 0.25) is 11.8 Å². The molecule has 0 spiro atoms. The van der Waals surface area contributed by atoms with Gasteiger partial charge >= 0.3 is 0 Å². The average Bonchev–Trinajstić information content (AvgIpc) is 3.19. The predicted octanol–water partition coefficient (Wildman–Crippen LogP) is 1.04. The van der Waals surface area contributed by atoms with Crippen LogP contribution in [0, 0.1) is 5.92 Å². The van der Waals surface area contributed by atoms with Crippen molar-refractivity contribution in [1.29, 1.82) is 0 Å². The topological polar surface area (TPSA) is 85.1 Å². The number of halogens is 1. The van der Waals surface area contributed by atoms with Crippen molar-refractivity contribution in [3.63, 3.8) is 0 Å². The van der Waals surface area contributed by atoms with Crippen molar-refractivity contribution in [2.45, 2.75) is 18.9 Å². The van der Waals surface area contributed by atoms with Crippen LogP contribution in [0.5, 0.6) is 11.5 Å². The molecule has 0 aromatic heterocycles. The summed E-state index contributed by atoms with van der Waals surface area (Å²) in [6.07, 6.45) is 1.06. The molecule has 0 bridgehead atoms. The van der Waals surface area contributed by atoms with Gasteiger partial charge in [0.15, 0.2) is 11.5 Å². The molecule has 2 unspecified atom stereocenters. The Balaban J connectivity index is 0.00000225. The Morgan fingerprint density at radius 3 is 2.52 bits per heavy atom. The van der Waals surface area contributed by atoms with Gasteiger partial charge in [-0.3, -0.25) is 9.59 Å². The van der Waals surface area contributed by atoms with Crippen molar-refractivity contribution in [2.24, 2.45) is 11.7 Å². The van der Waals surface area contributed by atoms with Crippen LogP contribution >= 0.6 is 12.4 Å². The van der Waals surface area contributed by atoms with Gasteiger partial charge in [-0.1, -0.05) is 0 Å². The monoisotopic (exact) mass is 369 g/mol. The minimum Gasteiger partial charge on any atom is -0.493 e. The molecule has 0 saturated carbocycles. The maximum atomic E-state index is 12.6. The number of hydrogen-bond donors (Lipinski definition) is 1. The molecule has 2 fully saturated rings. The number of hydrogen-bond acceptors (Lipinski definition) is 5. The van der Waals surface area contributed by atoms with Crippen molar-refractivity contribution in [3.05, 3.63) is 18.2 Å². The Morgan fingerprint density at radius 2 is 1.92 bits per heavy atom. The molecule has 2 N–H and O–H groups in total. The quantitative estimate of drug-likeness (QED) is 0.857. The SMILES string of the molecule is COc1ccc(N2CC(C(=O)N3CCC(N)C3)CC2=O)cc1OC.Cl. The van der Waals surface area contributed by atoms with Crippen molar-refractivity contribution >= 4 is 29.9 Å². The number of benzene rings is 1. The van der Waals surface area contributed by atoms with E-state index in [9.17, 15) is 9.59 Å². The molecule has 0 radical (unpaired) electrons. The predicted molar refractivity (Wildman–Crippen MR) is 96.4 cm³/mol. The van der Waals surface area contributed by atoms with Crippen LogP contribution in [-0.4, -0.2) is 56.6 Å². The first-order chi connectivity index (χ1) is 11.5. The highest BCUT2D eigenvalue weighted by atomic mass is 35.5. The molecule has 2 heterocycles. The van der Waals surface area contributed by atoms with Gasteiger partial charge < -0.3 is 25.0 Å². The Hall–Kier alpha value is -1.99. The van der Waals surface area contributed by atoms with Crippen LogP contribution in [0.15, 0.2) is 18.2 Å². The van der Waals surface area contributed by atoms with Crippen LogP contribution in [0.2, 0.25) is 0 Å². The van der Waals surface area contributed by atoms with Crippen molar-refractivity contribution < 1.29 is 19.1 Å². The van der Waals surface area contributed by atoms with Gasteiger partial charge in [0.25, 0.3) is 0 Å². The zero-order chi connectivity index (χ0) is 17.3. The third kappa shape index (κ3) is 3.82. The number of ether oxygens (including phenoxy) is 2. The zero-order valence-corrected chi connectivity index (χ0v) is 15.3. The van der Waals surface area contributed by atoms with Crippen LogP contribution in [0.1, 0.15) is 12.8 Å². The largest absolute Gasteiger partial charge is 0.493 e. The fourth-order valence-corrected chi connectivity index (χ4v) is 3.36. The minimum absolute atomic E-state index is 0. The number of nitrogens with two attached hydrogens (primary N) is 1. The summed E-state index contributed by atoms with van der Waals surface area (Å²) >= 11 is 0. The van der Waals surface area contributed by atoms with Gasteiger partial charge in [-0.15, -0.1) is 12.4 Å². The van der Waals surface area contributed by atoms with E-state index in [0.717, 1.165) is 6.42 Å². The first-order valence-electron chi connectivity index (χ1n) is 8.10. The molecule has 2 amide bonds. The molecule has 138 valence electrons. The van der Waals surface area contributed by atoms with Gasteiger partial charge in [0, 0.05) is 43.9 Å². The lowest BCUT2D eigenvalue weighted by Crippen LogP contribution is -2.37. The van der Waals surface area contributed by atoms with Crippen LogP contribution in [-0.2, 0) is 9.59 Å². The highest BCUT2D eigenvalue weighted by Gasteiger charge is 2.38. The molecule has 0 aliphatic carbocycles. The van der Waals surface area contributed by atoms with Crippen LogP contribution in [0.25, 0.3) is 0 Å². The van der Waals surface area contributed by atoms with E-state index in [1.807, 2.05) is 0 Å². The summed E-state index contributed by atoms with van der Waals surface area (Å²) in [5, 5.41) is 0. The number of likely N-dealkylation sites (tertiary alicyclic amines) is 1. The lowest BCUT2D eigenvalue weighted by molar-refractivity contribution is -0.134. The second-order valence-electron chi connectivity index (χ2n) is 6.28. The molecule has 8 heteroatoms. The second-order valence-corrected chi connectivity index (χ2v) is 6.28. The third-order valence-corrected chi connectivity index (χ3v) is 4.69. The molecule has 2 aliphatic rings. The molecule has 1 aromatic rings. The molecule has 2 atom stereocenters. The maximum Gasteiger partial charge on any atom is 0.228 e. The number of carbonyl (C=O) groups is 2. The van der Waals surface area contributed by atoms with E-state index in [2.05, 4.69) is 0 Å². The van der Waals surface area contributed by atoms with Crippen molar-refractivity contribution in [1.82, 2.24) is 4.90 Å². The van der Waals surface area contributed by atoms with E-state index in [-0.39, 0.29) is 42.6 Å². The summed E-state index contributed by atoms with van der Waals surface area (Å²) in [5.74, 6) is 0.828.